The molecular weight excluding hydrogens is 550 g/mol. The third kappa shape index (κ3) is 23.8. The van der Waals surface area contributed by atoms with Crippen LogP contribution in [0.3, 0.4) is 0 Å². The van der Waals surface area contributed by atoms with Crippen molar-refractivity contribution < 1.29 is 88.7 Å². The molecule has 0 atom stereocenters. The van der Waals surface area contributed by atoms with E-state index in [4.69, 9.17) is 15.3 Å². The zero-order valence-electron chi connectivity index (χ0n) is 15.5. The van der Waals surface area contributed by atoms with E-state index >= 15 is 0 Å². The standard InChI is InChI=1S/3C5H5F3O2.Rh/c3*1-3(9)2-4(10)5(6,7)8;/h3*2,10H,1H3;. The third-order valence-corrected chi connectivity index (χ3v) is 1.89. The molecule has 0 fully saturated rings. The number of halogens is 9. The van der Waals surface area contributed by atoms with Gasteiger partial charge in [0.05, 0.1) is 0 Å². The Labute approximate surface area is 181 Å². The van der Waals surface area contributed by atoms with Gasteiger partial charge in [-0.25, -0.2) is 0 Å². The molecule has 0 aliphatic carbocycles. The van der Waals surface area contributed by atoms with Gasteiger partial charge in [-0.15, -0.1) is 0 Å². The van der Waals surface area contributed by atoms with Crippen LogP contribution in [0, 0.1) is 0 Å². The maximum absolute atomic E-state index is 11.3. The first kappa shape index (κ1) is 36.0. The Hall–Kier alpha value is -2.38. The third-order valence-electron chi connectivity index (χ3n) is 1.89. The summed E-state index contributed by atoms with van der Waals surface area (Å²) in [6.07, 6.45) is -14.1. The second-order valence-corrected chi connectivity index (χ2v) is 4.91. The Kier molecular flexibility index (Phi) is 17.0. The van der Waals surface area contributed by atoms with Crippen LogP contribution in [0.15, 0.2) is 35.5 Å². The smallest absolute Gasteiger partial charge is 0.448 e. The predicted octanol–water partition coefficient (Wildman–Crippen LogP) is 4.74. The SMILES string of the molecule is CC(=O)C=C(O)C(F)(F)F.CC(=O)C=C(O)C(F)(F)F.CC(=O)C=C(O)C(F)(F)F.[Rh]. The van der Waals surface area contributed by atoms with Crippen molar-refractivity contribution in [3.05, 3.63) is 35.5 Å². The first-order chi connectivity index (χ1) is 13.0. The Morgan fingerprint density at radius 3 is 0.677 bits per heavy atom. The topological polar surface area (TPSA) is 112 Å². The molecule has 0 bridgehead atoms. The zero-order chi connectivity index (χ0) is 25.1. The van der Waals surface area contributed by atoms with Crippen LogP contribution in [0.1, 0.15) is 20.8 Å². The van der Waals surface area contributed by atoms with Crippen molar-refractivity contribution in [3.63, 3.8) is 0 Å². The first-order valence-corrected chi connectivity index (χ1v) is 6.97. The molecule has 0 aliphatic rings. The molecule has 3 N–H and O–H groups in total. The van der Waals surface area contributed by atoms with E-state index in [-0.39, 0.29) is 37.7 Å². The number of allylic oxidation sites excluding steroid dienone is 6. The van der Waals surface area contributed by atoms with E-state index in [1.54, 1.807) is 0 Å². The van der Waals surface area contributed by atoms with Crippen molar-refractivity contribution >= 4 is 17.3 Å². The largest absolute Gasteiger partial charge is 0.504 e. The van der Waals surface area contributed by atoms with Gasteiger partial charge in [0.2, 0.25) is 17.3 Å². The molecule has 0 amide bonds. The Bertz CT molecular complexity index is 606. The molecule has 0 saturated heterocycles. The molecule has 0 aromatic rings. The molecule has 0 aliphatic heterocycles. The van der Waals surface area contributed by atoms with Crippen molar-refractivity contribution in [2.24, 2.45) is 0 Å². The van der Waals surface area contributed by atoms with Crippen molar-refractivity contribution in [3.8, 4) is 0 Å². The van der Waals surface area contributed by atoms with E-state index in [0.29, 0.717) is 0 Å². The minimum atomic E-state index is -4.81. The van der Waals surface area contributed by atoms with Crippen LogP contribution in [-0.4, -0.2) is 51.2 Å². The Balaban J connectivity index is -0.000000174. The van der Waals surface area contributed by atoms with Gasteiger partial charge >= 0.3 is 18.5 Å². The van der Waals surface area contributed by atoms with E-state index in [0.717, 1.165) is 20.8 Å². The van der Waals surface area contributed by atoms with Crippen LogP contribution in [0.2, 0.25) is 0 Å². The van der Waals surface area contributed by atoms with E-state index in [1.807, 2.05) is 0 Å². The quantitative estimate of drug-likeness (QED) is 0.198. The molecule has 1 radical (unpaired) electrons. The number of ketones is 3. The van der Waals surface area contributed by atoms with Gasteiger partial charge in [-0.05, 0) is 20.8 Å². The average molecular weight is 565 g/mol. The van der Waals surface area contributed by atoms with Gasteiger partial charge in [0.15, 0.2) is 17.3 Å². The molecule has 0 spiro atoms. The summed E-state index contributed by atoms with van der Waals surface area (Å²) in [6.45, 7) is 2.76. The van der Waals surface area contributed by atoms with E-state index in [1.165, 1.54) is 0 Å². The number of carbonyl (C=O) groups excluding carboxylic acids is 3. The molecule has 0 heterocycles. The van der Waals surface area contributed by atoms with Gasteiger partial charge in [-0.3, -0.25) is 14.4 Å². The fourth-order valence-electron chi connectivity index (χ4n) is 0.823. The van der Waals surface area contributed by atoms with Gasteiger partial charge in [-0.1, -0.05) is 0 Å². The molecule has 183 valence electrons. The second kappa shape index (κ2) is 14.6. The van der Waals surface area contributed by atoms with Gasteiger partial charge in [-0.2, -0.15) is 39.5 Å². The molecule has 0 aromatic heterocycles. The first-order valence-electron chi connectivity index (χ1n) is 6.97. The molecule has 6 nitrogen and oxygen atoms in total. The fraction of sp³-hybridized carbons (Fsp3) is 0.400. The molecule has 0 aromatic carbocycles. The summed E-state index contributed by atoms with van der Waals surface area (Å²) in [5.74, 6) is -8.10. The normalized spacial score (nSPS) is 13.0. The molecule has 0 unspecified atom stereocenters. The van der Waals surface area contributed by atoms with Gasteiger partial charge in [0.25, 0.3) is 0 Å². The number of carbonyl (C=O) groups is 3. The van der Waals surface area contributed by atoms with Crippen molar-refractivity contribution in [1.29, 1.82) is 0 Å². The second-order valence-electron chi connectivity index (χ2n) is 4.91. The van der Waals surface area contributed by atoms with Crippen LogP contribution in [-0.2, 0) is 33.9 Å². The summed E-state index contributed by atoms with van der Waals surface area (Å²) in [5, 5.41) is 24.2. The summed E-state index contributed by atoms with van der Waals surface area (Å²) >= 11 is 0. The molecule has 16 heteroatoms. The summed E-state index contributed by atoms with van der Waals surface area (Å²) in [7, 11) is 0. The Morgan fingerprint density at radius 2 is 0.645 bits per heavy atom. The molecule has 0 rings (SSSR count). The summed E-state index contributed by atoms with van der Waals surface area (Å²) < 4.78 is 102. The van der Waals surface area contributed by atoms with E-state index in [2.05, 4.69) is 0 Å². The van der Waals surface area contributed by atoms with Crippen molar-refractivity contribution in [1.82, 2.24) is 0 Å². The van der Waals surface area contributed by atoms with Crippen LogP contribution < -0.4 is 0 Å². The van der Waals surface area contributed by atoms with Crippen molar-refractivity contribution in [2.75, 3.05) is 0 Å². The number of hydrogen-bond donors (Lipinski definition) is 3. The number of aliphatic hydroxyl groups excluding tert-OH is 3. The monoisotopic (exact) mass is 565 g/mol. The van der Waals surface area contributed by atoms with E-state index < -0.39 is 53.2 Å². The maximum atomic E-state index is 11.3. The molecule has 31 heavy (non-hydrogen) atoms. The van der Waals surface area contributed by atoms with Gasteiger partial charge in [0, 0.05) is 37.7 Å². The van der Waals surface area contributed by atoms with Crippen molar-refractivity contribution in [2.45, 2.75) is 39.3 Å². The van der Waals surface area contributed by atoms with Crippen LogP contribution in [0.5, 0.6) is 0 Å². The molecular formula is C15H15F9O6Rh. The van der Waals surface area contributed by atoms with Crippen LogP contribution in [0.25, 0.3) is 0 Å². The maximum Gasteiger partial charge on any atom is 0.448 e. The fourth-order valence-corrected chi connectivity index (χ4v) is 0.823. The summed E-state index contributed by atoms with van der Waals surface area (Å²) in [4.78, 5) is 29.9. The zero-order valence-corrected chi connectivity index (χ0v) is 17.2. The minimum Gasteiger partial charge on any atom is -0.504 e. The minimum absolute atomic E-state index is 0. The van der Waals surface area contributed by atoms with Crippen LogP contribution in [0.4, 0.5) is 39.5 Å². The van der Waals surface area contributed by atoms with Gasteiger partial charge in [0.1, 0.15) is 0 Å². The number of alkyl halides is 9. The number of hydrogen-bond acceptors (Lipinski definition) is 6. The number of aliphatic hydroxyl groups is 3. The molecule has 0 saturated carbocycles. The summed E-state index contributed by atoms with van der Waals surface area (Å²) in [6, 6.07) is 0. The Morgan fingerprint density at radius 1 is 0.516 bits per heavy atom. The average Bonchev–Trinajstić information content (AvgIpc) is 2.43. The number of rotatable bonds is 3. The predicted molar refractivity (Wildman–Crippen MR) is 82.3 cm³/mol. The van der Waals surface area contributed by atoms with E-state index in [9.17, 15) is 53.9 Å². The van der Waals surface area contributed by atoms with Crippen LogP contribution >= 0.6 is 0 Å². The summed E-state index contributed by atoms with van der Waals surface area (Å²) in [5.41, 5.74) is 0. The van der Waals surface area contributed by atoms with Gasteiger partial charge < -0.3 is 15.3 Å².